The second-order valence-electron chi connectivity index (χ2n) is 5.73. The van der Waals surface area contributed by atoms with Crippen LogP contribution in [0.15, 0.2) is 47.6 Å². The number of aryl methyl sites for hydroxylation is 1. The fourth-order valence-corrected chi connectivity index (χ4v) is 3.19. The van der Waals surface area contributed by atoms with Gasteiger partial charge in [0, 0.05) is 13.6 Å². The third-order valence-corrected chi connectivity index (χ3v) is 4.56. The van der Waals surface area contributed by atoms with Crippen molar-refractivity contribution >= 4 is 28.7 Å². The van der Waals surface area contributed by atoms with E-state index in [1.807, 2.05) is 25.1 Å². The van der Waals surface area contributed by atoms with Crippen LogP contribution in [0, 0.1) is 12.7 Å². The zero-order chi connectivity index (χ0) is 17.1. The molecule has 6 heteroatoms. The number of aromatic nitrogens is 2. The largest absolute Gasteiger partial charge is 0.341 e. The average molecular weight is 343 g/mol. The van der Waals surface area contributed by atoms with E-state index in [2.05, 4.69) is 9.97 Å². The van der Waals surface area contributed by atoms with Crippen molar-refractivity contribution in [1.29, 1.82) is 0 Å². The van der Waals surface area contributed by atoms with E-state index in [1.54, 1.807) is 24.1 Å². The molecule has 3 aromatic rings. The second-order valence-corrected chi connectivity index (χ2v) is 6.69. The van der Waals surface area contributed by atoms with Gasteiger partial charge in [-0.1, -0.05) is 30.0 Å². The number of imidazole rings is 1. The summed E-state index contributed by atoms with van der Waals surface area (Å²) in [7, 11) is 1.74. The molecule has 0 atom stereocenters. The maximum atomic E-state index is 12.9. The third kappa shape index (κ3) is 3.94. The molecular weight excluding hydrogens is 325 g/mol. The van der Waals surface area contributed by atoms with Gasteiger partial charge in [-0.2, -0.15) is 0 Å². The summed E-state index contributed by atoms with van der Waals surface area (Å²) in [6.45, 7) is 2.49. The van der Waals surface area contributed by atoms with Crippen LogP contribution in [0.1, 0.15) is 11.1 Å². The number of hydrogen-bond acceptors (Lipinski definition) is 3. The molecule has 0 fully saturated rings. The quantitative estimate of drug-likeness (QED) is 0.718. The Morgan fingerprint density at radius 3 is 2.75 bits per heavy atom. The SMILES string of the molecule is Cc1ccc2nc(SCC(=O)N(C)Cc3ccc(F)cc3)[nH]c2c1. The van der Waals surface area contributed by atoms with Crippen molar-refractivity contribution in [3.8, 4) is 0 Å². The molecule has 1 amide bonds. The molecule has 0 aliphatic carbocycles. The number of nitrogens with one attached hydrogen (secondary N) is 1. The van der Waals surface area contributed by atoms with Gasteiger partial charge in [0.25, 0.3) is 0 Å². The summed E-state index contributed by atoms with van der Waals surface area (Å²) in [5.41, 5.74) is 3.94. The van der Waals surface area contributed by atoms with Crippen LogP contribution in [0.5, 0.6) is 0 Å². The smallest absolute Gasteiger partial charge is 0.233 e. The van der Waals surface area contributed by atoms with Gasteiger partial charge in [-0.25, -0.2) is 9.37 Å². The Kier molecular flexibility index (Phi) is 4.85. The lowest BCUT2D eigenvalue weighted by molar-refractivity contribution is -0.127. The van der Waals surface area contributed by atoms with Gasteiger partial charge >= 0.3 is 0 Å². The lowest BCUT2D eigenvalue weighted by atomic mass is 10.2. The van der Waals surface area contributed by atoms with Gasteiger partial charge in [-0.15, -0.1) is 0 Å². The molecule has 0 radical (unpaired) electrons. The molecular formula is C18H18FN3OS. The Bertz CT molecular complexity index is 860. The van der Waals surface area contributed by atoms with Crippen LogP contribution in [0.3, 0.4) is 0 Å². The van der Waals surface area contributed by atoms with Crippen LogP contribution in [0.2, 0.25) is 0 Å². The maximum Gasteiger partial charge on any atom is 0.233 e. The van der Waals surface area contributed by atoms with Crippen LogP contribution >= 0.6 is 11.8 Å². The Morgan fingerprint density at radius 1 is 1.25 bits per heavy atom. The van der Waals surface area contributed by atoms with E-state index in [9.17, 15) is 9.18 Å². The predicted octanol–water partition coefficient (Wildman–Crippen LogP) is 3.76. The molecule has 0 saturated carbocycles. The van der Waals surface area contributed by atoms with Crippen molar-refractivity contribution in [2.24, 2.45) is 0 Å². The molecule has 24 heavy (non-hydrogen) atoms. The number of halogens is 1. The number of aromatic amines is 1. The van der Waals surface area contributed by atoms with Gasteiger partial charge in [0.15, 0.2) is 5.16 Å². The van der Waals surface area contributed by atoms with Gasteiger partial charge in [0.2, 0.25) is 5.91 Å². The highest BCUT2D eigenvalue weighted by Crippen LogP contribution is 2.20. The second kappa shape index (κ2) is 7.05. The molecule has 0 spiro atoms. The number of fused-ring (bicyclic) bond motifs is 1. The summed E-state index contributed by atoms with van der Waals surface area (Å²) < 4.78 is 12.9. The van der Waals surface area contributed by atoms with Crippen LogP contribution < -0.4 is 0 Å². The van der Waals surface area contributed by atoms with Gasteiger partial charge in [0.1, 0.15) is 5.82 Å². The number of benzene rings is 2. The Hall–Kier alpha value is -2.34. The molecule has 0 unspecified atom stereocenters. The summed E-state index contributed by atoms with van der Waals surface area (Å²) >= 11 is 1.38. The first-order valence-corrected chi connectivity index (χ1v) is 8.57. The molecule has 2 aromatic carbocycles. The van der Waals surface area contributed by atoms with Crippen molar-refractivity contribution in [1.82, 2.24) is 14.9 Å². The summed E-state index contributed by atoms with van der Waals surface area (Å²) in [5, 5.41) is 0.735. The van der Waals surface area contributed by atoms with Gasteiger partial charge < -0.3 is 9.88 Å². The summed E-state index contributed by atoms with van der Waals surface area (Å²) in [4.78, 5) is 21.6. The van der Waals surface area contributed by atoms with Crippen LogP contribution in [0.25, 0.3) is 11.0 Å². The van der Waals surface area contributed by atoms with E-state index < -0.39 is 0 Å². The van der Waals surface area contributed by atoms with Crippen LogP contribution in [-0.2, 0) is 11.3 Å². The van der Waals surface area contributed by atoms with E-state index in [0.717, 1.165) is 27.3 Å². The van der Waals surface area contributed by atoms with E-state index >= 15 is 0 Å². The minimum absolute atomic E-state index is 0.000890. The van der Waals surface area contributed by atoms with Crippen molar-refractivity contribution < 1.29 is 9.18 Å². The topological polar surface area (TPSA) is 49.0 Å². The Labute approximate surface area is 144 Å². The van der Waals surface area contributed by atoms with Crippen molar-refractivity contribution in [3.05, 3.63) is 59.4 Å². The highest BCUT2D eigenvalue weighted by atomic mass is 32.2. The molecule has 0 bridgehead atoms. The lowest BCUT2D eigenvalue weighted by Crippen LogP contribution is -2.27. The van der Waals surface area contributed by atoms with E-state index in [-0.39, 0.29) is 11.7 Å². The molecule has 1 aromatic heterocycles. The normalized spacial score (nSPS) is 11.0. The van der Waals surface area contributed by atoms with Crippen molar-refractivity contribution in [2.75, 3.05) is 12.8 Å². The van der Waals surface area contributed by atoms with Gasteiger partial charge in [-0.05, 0) is 42.3 Å². The highest BCUT2D eigenvalue weighted by Gasteiger charge is 2.12. The van der Waals surface area contributed by atoms with E-state index in [0.29, 0.717) is 12.3 Å². The lowest BCUT2D eigenvalue weighted by Gasteiger charge is -2.16. The Balaban J connectivity index is 1.58. The fraction of sp³-hybridized carbons (Fsp3) is 0.222. The molecule has 1 heterocycles. The minimum atomic E-state index is -0.275. The van der Waals surface area contributed by atoms with E-state index in [1.165, 1.54) is 23.9 Å². The number of rotatable bonds is 5. The first kappa shape index (κ1) is 16.5. The number of nitrogens with zero attached hydrogens (tertiary/aromatic N) is 2. The minimum Gasteiger partial charge on any atom is -0.341 e. The molecule has 4 nitrogen and oxygen atoms in total. The fourth-order valence-electron chi connectivity index (χ4n) is 2.36. The monoisotopic (exact) mass is 343 g/mol. The van der Waals surface area contributed by atoms with Crippen LogP contribution in [0.4, 0.5) is 4.39 Å². The average Bonchev–Trinajstić information content (AvgIpc) is 2.96. The van der Waals surface area contributed by atoms with Gasteiger partial charge in [-0.3, -0.25) is 4.79 Å². The number of carbonyl (C=O) groups excluding carboxylic acids is 1. The zero-order valence-corrected chi connectivity index (χ0v) is 14.4. The first-order valence-electron chi connectivity index (χ1n) is 7.59. The van der Waals surface area contributed by atoms with Crippen LogP contribution in [-0.4, -0.2) is 33.6 Å². The number of H-pyrrole nitrogens is 1. The summed E-state index contributed by atoms with van der Waals surface area (Å²) in [6.07, 6.45) is 0. The van der Waals surface area contributed by atoms with Crippen molar-refractivity contribution in [2.45, 2.75) is 18.6 Å². The van der Waals surface area contributed by atoms with Gasteiger partial charge in [0.05, 0.1) is 16.8 Å². The molecule has 0 saturated heterocycles. The predicted molar refractivity (Wildman–Crippen MR) is 94.4 cm³/mol. The standard InChI is InChI=1S/C18H18FN3OS/c1-12-3-8-15-16(9-12)21-18(20-15)24-11-17(23)22(2)10-13-4-6-14(19)7-5-13/h3-9H,10-11H2,1-2H3,(H,20,21). The first-order chi connectivity index (χ1) is 11.5. The zero-order valence-electron chi connectivity index (χ0n) is 13.5. The molecule has 3 rings (SSSR count). The van der Waals surface area contributed by atoms with Crippen molar-refractivity contribution in [3.63, 3.8) is 0 Å². The summed E-state index contributed by atoms with van der Waals surface area (Å²) in [6, 6.07) is 12.2. The molecule has 124 valence electrons. The maximum absolute atomic E-state index is 12.9. The Morgan fingerprint density at radius 2 is 2.00 bits per heavy atom. The molecule has 0 aliphatic rings. The number of thioether (sulfide) groups is 1. The molecule has 1 N–H and O–H groups in total. The number of amides is 1. The third-order valence-electron chi connectivity index (χ3n) is 3.71. The highest BCUT2D eigenvalue weighted by molar-refractivity contribution is 7.99. The molecule has 0 aliphatic heterocycles. The summed E-state index contributed by atoms with van der Waals surface area (Å²) in [5.74, 6) is 0.0283. The number of carbonyl (C=O) groups is 1. The van der Waals surface area contributed by atoms with E-state index in [4.69, 9.17) is 0 Å². The number of hydrogen-bond donors (Lipinski definition) is 1.